The van der Waals surface area contributed by atoms with Gasteiger partial charge in [0.1, 0.15) is 13.2 Å². The minimum absolute atomic E-state index is 0.00275. The fourth-order valence-corrected chi connectivity index (χ4v) is 1.81. The Balaban J connectivity index is 2.48. The van der Waals surface area contributed by atoms with Gasteiger partial charge in [0.05, 0.1) is 11.1 Å². The maximum atomic E-state index is 8.99. The predicted molar refractivity (Wildman–Crippen MR) is 51.1 cm³/mol. The van der Waals surface area contributed by atoms with Gasteiger partial charge in [-0.25, -0.2) is 0 Å². The lowest BCUT2D eigenvalue weighted by Crippen LogP contribution is -2.16. The molecule has 1 aromatic carbocycles. The molecule has 0 radical (unpaired) electrons. The highest BCUT2D eigenvalue weighted by Crippen LogP contribution is 2.39. The summed E-state index contributed by atoms with van der Waals surface area (Å²) in [5.41, 5.74) is 0.809. The molecule has 0 atom stereocenters. The van der Waals surface area contributed by atoms with Crippen molar-refractivity contribution in [2.45, 2.75) is 6.61 Å². The molecule has 0 bridgehead atoms. The molecule has 1 heterocycles. The zero-order valence-electron chi connectivity index (χ0n) is 6.92. The van der Waals surface area contributed by atoms with E-state index in [-0.39, 0.29) is 6.61 Å². The topological polar surface area (TPSA) is 38.7 Å². The van der Waals surface area contributed by atoms with Gasteiger partial charge in [-0.15, -0.1) is 0 Å². The van der Waals surface area contributed by atoms with Gasteiger partial charge in [0.25, 0.3) is 0 Å². The summed E-state index contributed by atoms with van der Waals surface area (Å²) in [6.07, 6.45) is 0. The first-order valence-electron chi connectivity index (χ1n) is 4.01. The third-order valence-corrected chi connectivity index (χ3v) is 2.77. The van der Waals surface area contributed by atoms with Crippen molar-refractivity contribution >= 4 is 15.9 Å². The third-order valence-electron chi connectivity index (χ3n) is 1.90. The average molecular weight is 245 g/mol. The van der Waals surface area contributed by atoms with E-state index in [1.807, 2.05) is 12.1 Å². The lowest BCUT2D eigenvalue weighted by Gasteiger charge is -2.20. The van der Waals surface area contributed by atoms with Gasteiger partial charge < -0.3 is 14.6 Å². The molecular formula is C9H9BrO3. The van der Waals surface area contributed by atoms with Crippen LogP contribution in [0.5, 0.6) is 11.5 Å². The fourth-order valence-electron chi connectivity index (χ4n) is 1.24. The van der Waals surface area contributed by atoms with Gasteiger partial charge in [0, 0.05) is 0 Å². The van der Waals surface area contributed by atoms with E-state index in [1.54, 1.807) is 0 Å². The molecule has 0 aromatic heterocycles. The van der Waals surface area contributed by atoms with E-state index in [9.17, 15) is 0 Å². The molecule has 4 heteroatoms. The minimum Gasteiger partial charge on any atom is -0.486 e. The summed E-state index contributed by atoms with van der Waals surface area (Å²) in [6.45, 7) is 1.13. The van der Waals surface area contributed by atoms with Crippen molar-refractivity contribution in [3.63, 3.8) is 0 Å². The quantitative estimate of drug-likeness (QED) is 0.818. The molecule has 1 aromatic rings. The Morgan fingerprint density at radius 2 is 2.08 bits per heavy atom. The number of fused-ring (bicyclic) bond motifs is 1. The van der Waals surface area contributed by atoms with Gasteiger partial charge in [-0.1, -0.05) is 6.07 Å². The predicted octanol–water partition coefficient (Wildman–Crippen LogP) is 1.71. The number of aliphatic hydroxyl groups is 1. The second-order valence-electron chi connectivity index (χ2n) is 2.72. The summed E-state index contributed by atoms with van der Waals surface area (Å²) in [6, 6.07) is 3.63. The molecule has 0 unspecified atom stereocenters. The highest BCUT2D eigenvalue weighted by Gasteiger charge is 2.16. The molecule has 0 aliphatic carbocycles. The van der Waals surface area contributed by atoms with Crippen molar-refractivity contribution in [1.29, 1.82) is 0 Å². The zero-order valence-corrected chi connectivity index (χ0v) is 8.50. The van der Waals surface area contributed by atoms with E-state index < -0.39 is 0 Å². The van der Waals surface area contributed by atoms with Gasteiger partial charge in [0.15, 0.2) is 11.5 Å². The van der Waals surface area contributed by atoms with Crippen LogP contribution in [0.4, 0.5) is 0 Å². The Morgan fingerprint density at radius 1 is 1.31 bits per heavy atom. The Hall–Kier alpha value is -0.740. The molecule has 1 N–H and O–H groups in total. The molecule has 0 spiro atoms. The molecule has 3 nitrogen and oxygen atoms in total. The van der Waals surface area contributed by atoms with Crippen LogP contribution in [0.15, 0.2) is 16.6 Å². The summed E-state index contributed by atoms with van der Waals surface area (Å²) in [7, 11) is 0. The fraction of sp³-hybridized carbons (Fsp3) is 0.333. The number of halogens is 1. The number of hydrogen-bond donors (Lipinski definition) is 1. The summed E-state index contributed by atoms with van der Waals surface area (Å²) in [5, 5.41) is 8.99. The lowest BCUT2D eigenvalue weighted by molar-refractivity contribution is 0.169. The van der Waals surface area contributed by atoms with E-state index in [0.29, 0.717) is 19.0 Å². The molecule has 2 rings (SSSR count). The molecule has 13 heavy (non-hydrogen) atoms. The Morgan fingerprint density at radius 3 is 2.85 bits per heavy atom. The summed E-state index contributed by atoms with van der Waals surface area (Å²) >= 11 is 3.36. The highest BCUT2D eigenvalue weighted by atomic mass is 79.9. The van der Waals surface area contributed by atoms with Crippen molar-refractivity contribution in [1.82, 2.24) is 0 Å². The third kappa shape index (κ3) is 1.51. The zero-order chi connectivity index (χ0) is 9.26. The first-order valence-corrected chi connectivity index (χ1v) is 4.80. The van der Waals surface area contributed by atoms with Crippen molar-refractivity contribution < 1.29 is 14.6 Å². The van der Waals surface area contributed by atoms with Crippen molar-refractivity contribution in [2.24, 2.45) is 0 Å². The van der Waals surface area contributed by atoms with Crippen LogP contribution in [0, 0.1) is 0 Å². The molecule has 0 saturated heterocycles. The van der Waals surface area contributed by atoms with Crippen molar-refractivity contribution in [3.8, 4) is 11.5 Å². The monoisotopic (exact) mass is 244 g/mol. The summed E-state index contributed by atoms with van der Waals surface area (Å²) in [4.78, 5) is 0. The highest BCUT2D eigenvalue weighted by molar-refractivity contribution is 9.10. The van der Waals surface area contributed by atoms with Crippen LogP contribution >= 0.6 is 15.9 Å². The number of rotatable bonds is 1. The average Bonchev–Trinajstić information content (AvgIpc) is 2.19. The number of benzene rings is 1. The standard InChI is InChI=1S/C9H9BrO3/c10-8-6(5-11)1-2-7-9(8)13-4-3-12-7/h1-2,11H,3-5H2. The van der Waals surface area contributed by atoms with E-state index in [0.717, 1.165) is 15.8 Å². The molecule has 1 aliphatic heterocycles. The van der Waals surface area contributed by atoms with Gasteiger partial charge in [-0.2, -0.15) is 0 Å². The lowest BCUT2D eigenvalue weighted by atomic mass is 10.2. The normalized spacial score (nSPS) is 14.3. The summed E-state index contributed by atoms with van der Waals surface area (Å²) < 4.78 is 11.6. The van der Waals surface area contributed by atoms with Gasteiger partial charge in [-0.3, -0.25) is 0 Å². The molecule has 70 valence electrons. The van der Waals surface area contributed by atoms with E-state index >= 15 is 0 Å². The molecule has 0 fully saturated rings. The van der Waals surface area contributed by atoms with Crippen LogP contribution in [0.2, 0.25) is 0 Å². The van der Waals surface area contributed by atoms with E-state index in [4.69, 9.17) is 14.6 Å². The molecule has 0 amide bonds. The van der Waals surface area contributed by atoms with Crippen LogP contribution in [0.1, 0.15) is 5.56 Å². The number of aliphatic hydroxyl groups excluding tert-OH is 1. The second-order valence-corrected chi connectivity index (χ2v) is 3.51. The number of hydrogen-bond acceptors (Lipinski definition) is 3. The smallest absolute Gasteiger partial charge is 0.175 e. The maximum absolute atomic E-state index is 8.99. The van der Waals surface area contributed by atoms with Gasteiger partial charge in [-0.05, 0) is 27.6 Å². The Labute approximate surface area is 84.4 Å². The minimum atomic E-state index is -0.00275. The maximum Gasteiger partial charge on any atom is 0.175 e. The van der Waals surface area contributed by atoms with Crippen LogP contribution in [-0.4, -0.2) is 18.3 Å². The van der Waals surface area contributed by atoms with Crippen molar-refractivity contribution in [2.75, 3.05) is 13.2 Å². The SMILES string of the molecule is OCc1ccc2c(c1Br)OCCO2. The summed E-state index contributed by atoms with van der Waals surface area (Å²) in [5.74, 6) is 1.42. The van der Waals surface area contributed by atoms with Crippen LogP contribution < -0.4 is 9.47 Å². The van der Waals surface area contributed by atoms with Gasteiger partial charge >= 0.3 is 0 Å². The van der Waals surface area contributed by atoms with Gasteiger partial charge in [0.2, 0.25) is 0 Å². The Kier molecular flexibility index (Phi) is 2.42. The van der Waals surface area contributed by atoms with E-state index in [2.05, 4.69) is 15.9 Å². The largest absolute Gasteiger partial charge is 0.486 e. The van der Waals surface area contributed by atoms with Crippen LogP contribution in [0.25, 0.3) is 0 Å². The number of ether oxygens (including phenoxy) is 2. The van der Waals surface area contributed by atoms with Crippen LogP contribution in [0.3, 0.4) is 0 Å². The molecule has 0 saturated carbocycles. The van der Waals surface area contributed by atoms with E-state index in [1.165, 1.54) is 0 Å². The van der Waals surface area contributed by atoms with Crippen LogP contribution in [-0.2, 0) is 6.61 Å². The first kappa shape index (κ1) is 8.84. The second kappa shape index (κ2) is 3.55. The molecular weight excluding hydrogens is 236 g/mol. The Bertz CT molecular complexity index is 325. The van der Waals surface area contributed by atoms with Crippen molar-refractivity contribution in [3.05, 3.63) is 22.2 Å². The molecule has 1 aliphatic rings. The first-order chi connectivity index (χ1) is 6.33.